The molecule has 7 heteroatoms. The van der Waals surface area contributed by atoms with Crippen molar-refractivity contribution in [2.75, 3.05) is 13.2 Å². The molecule has 2 unspecified atom stereocenters. The zero-order valence-electron chi connectivity index (χ0n) is 13.1. The number of aromatic nitrogens is 2. The van der Waals surface area contributed by atoms with Gasteiger partial charge in [-0.3, -0.25) is 19.5 Å². The van der Waals surface area contributed by atoms with Crippen molar-refractivity contribution in [1.82, 2.24) is 14.7 Å². The maximum Gasteiger partial charge on any atom is 0.273 e. The lowest BCUT2D eigenvalue weighted by molar-refractivity contribution is -0.144. The number of carbonyl (C=O) groups is 1. The van der Waals surface area contributed by atoms with E-state index in [1.165, 1.54) is 0 Å². The van der Waals surface area contributed by atoms with Crippen LogP contribution in [0.5, 0.6) is 0 Å². The van der Waals surface area contributed by atoms with Crippen LogP contribution >= 0.6 is 0 Å². The Bertz CT molecular complexity index is 854. The zero-order valence-corrected chi connectivity index (χ0v) is 13.1. The van der Waals surface area contributed by atoms with E-state index in [0.717, 1.165) is 4.68 Å². The van der Waals surface area contributed by atoms with Crippen molar-refractivity contribution in [2.24, 2.45) is 0 Å². The minimum Gasteiger partial charge on any atom is -0.375 e. The fourth-order valence-corrected chi connectivity index (χ4v) is 2.83. The molecule has 1 aromatic carbocycles. The summed E-state index contributed by atoms with van der Waals surface area (Å²) in [6.45, 7) is 4.56. The van der Waals surface area contributed by atoms with E-state index >= 15 is 0 Å². The smallest absolute Gasteiger partial charge is 0.273 e. The molecule has 1 N–H and O–H groups in total. The third-order valence-electron chi connectivity index (χ3n) is 4.11. The molecule has 1 saturated heterocycles. The number of morpholine rings is 1. The molecule has 23 heavy (non-hydrogen) atoms. The highest BCUT2D eigenvalue weighted by Gasteiger charge is 2.27. The minimum absolute atomic E-state index is 0.0393. The van der Waals surface area contributed by atoms with Gasteiger partial charge in [0.15, 0.2) is 0 Å². The number of ether oxygens (including phenoxy) is 1. The Morgan fingerprint density at radius 3 is 2.70 bits per heavy atom. The van der Waals surface area contributed by atoms with E-state index in [2.05, 4.69) is 5.10 Å². The molecule has 7 nitrogen and oxygen atoms in total. The summed E-state index contributed by atoms with van der Waals surface area (Å²) in [5.74, 6) is -0.208. The van der Waals surface area contributed by atoms with Crippen LogP contribution in [0, 0.1) is 0 Å². The first kappa shape index (κ1) is 15.5. The van der Waals surface area contributed by atoms with Crippen LogP contribution in [0.25, 0.3) is 10.8 Å². The number of benzene rings is 1. The van der Waals surface area contributed by atoms with Gasteiger partial charge in [-0.2, -0.15) is 0 Å². The van der Waals surface area contributed by atoms with Crippen molar-refractivity contribution < 1.29 is 9.53 Å². The molecule has 2 aromatic rings. The van der Waals surface area contributed by atoms with Gasteiger partial charge in [-0.15, -0.1) is 0 Å². The van der Waals surface area contributed by atoms with E-state index in [1.54, 1.807) is 29.2 Å². The van der Waals surface area contributed by atoms with E-state index in [0.29, 0.717) is 23.9 Å². The number of aromatic amines is 1. The van der Waals surface area contributed by atoms with E-state index in [-0.39, 0.29) is 35.7 Å². The lowest BCUT2D eigenvalue weighted by atomic mass is 10.2. The summed E-state index contributed by atoms with van der Waals surface area (Å²) in [7, 11) is 0. The Morgan fingerprint density at radius 1 is 1.26 bits per heavy atom. The molecule has 0 saturated carbocycles. The third kappa shape index (κ3) is 2.92. The summed E-state index contributed by atoms with van der Waals surface area (Å²) in [5.41, 5.74) is -0.751. The normalized spacial score (nSPS) is 21.6. The zero-order chi connectivity index (χ0) is 16.6. The van der Waals surface area contributed by atoms with E-state index in [9.17, 15) is 14.4 Å². The molecule has 2 atom stereocenters. The predicted molar refractivity (Wildman–Crippen MR) is 85.4 cm³/mol. The number of hydrogen-bond donors (Lipinski definition) is 1. The number of rotatable bonds is 2. The number of nitrogens with zero attached hydrogens (tertiary/aromatic N) is 2. The first-order chi connectivity index (χ1) is 11.0. The maximum absolute atomic E-state index is 12.5. The lowest BCUT2D eigenvalue weighted by Crippen LogP contribution is -2.52. The number of amides is 1. The second-order valence-corrected chi connectivity index (χ2v) is 5.92. The number of fused-ring (bicyclic) bond motifs is 1. The molecule has 0 bridgehead atoms. The fourth-order valence-electron chi connectivity index (χ4n) is 2.83. The van der Waals surface area contributed by atoms with Crippen molar-refractivity contribution in [1.29, 1.82) is 0 Å². The molecule has 1 amide bonds. The highest BCUT2D eigenvalue weighted by atomic mass is 16.5. The monoisotopic (exact) mass is 317 g/mol. The Labute approximate surface area is 132 Å². The van der Waals surface area contributed by atoms with Crippen LogP contribution in [0.4, 0.5) is 0 Å². The van der Waals surface area contributed by atoms with Gasteiger partial charge in [-0.25, -0.2) is 4.68 Å². The average Bonchev–Trinajstić information content (AvgIpc) is 2.54. The summed E-state index contributed by atoms with van der Waals surface area (Å²) in [6, 6.07) is 6.52. The third-order valence-corrected chi connectivity index (χ3v) is 4.11. The number of nitrogens with one attached hydrogen (secondary N) is 1. The Morgan fingerprint density at radius 2 is 1.96 bits per heavy atom. The van der Waals surface area contributed by atoms with Gasteiger partial charge in [0.1, 0.15) is 6.54 Å². The molecule has 1 fully saturated rings. The second-order valence-electron chi connectivity index (χ2n) is 5.92. The topological polar surface area (TPSA) is 84.4 Å². The highest BCUT2D eigenvalue weighted by Crippen LogP contribution is 2.12. The van der Waals surface area contributed by atoms with Gasteiger partial charge in [0.2, 0.25) is 5.91 Å². The van der Waals surface area contributed by atoms with Crippen LogP contribution < -0.4 is 11.1 Å². The first-order valence-electron chi connectivity index (χ1n) is 7.60. The molecule has 3 rings (SSSR count). The summed E-state index contributed by atoms with van der Waals surface area (Å²) in [4.78, 5) is 38.7. The maximum atomic E-state index is 12.5. The molecular weight excluding hydrogens is 298 g/mol. The van der Waals surface area contributed by atoms with Gasteiger partial charge in [0.25, 0.3) is 11.1 Å². The van der Waals surface area contributed by atoms with Crippen molar-refractivity contribution in [3.8, 4) is 0 Å². The lowest BCUT2D eigenvalue weighted by Gasteiger charge is -2.36. The quantitative estimate of drug-likeness (QED) is 0.865. The Hall–Kier alpha value is -2.41. The molecule has 0 radical (unpaired) electrons. The van der Waals surface area contributed by atoms with E-state index < -0.39 is 0 Å². The molecule has 1 aliphatic heterocycles. The van der Waals surface area contributed by atoms with Crippen LogP contribution in [0.15, 0.2) is 33.9 Å². The van der Waals surface area contributed by atoms with Crippen molar-refractivity contribution in [3.63, 3.8) is 0 Å². The first-order valence-corrected chi connectivity index (χ1v) is 7.60. The largest absolute Gasteiger partial charge is 0.375 e. The highest BCUT2D eigenvalue weighted by molar-refractivity contribution is 5.81. The van der Waals surface area contributed by atoms with Gasteiger partial charge in [-0.05, 0) is 26.0 Å². The number of hydrogen-bond acceptors (Lipinski definition) is 4. The Balaban J connectivity index is 1.92. The second kappa shape index (κ2) is 6.00. The summed E-state index contributed by atoms with van der Waals surface area (Å²) in [5, 5.41) is 3.13. The number of H-pyrrole nitrogens is 1. The SMILES string of the molecule is CC1CN(C(=O)Cn2[nH]c(=O)c3ccccc3c2=O)C(C)CO1. The van der Waals surface area contributed by atoms with Gasteiger partial charge < -0.3 is 9.64 Å². The fraction of sp³-hybridized carbons (Fsp3) is 0.438. The predicted octanol–water partition coefficient (Wildman–Crippen LogP) is 0.326. The van der Waals surface area contributed by atoms with E-state index in [1.807, 2.05) is 13.8 Å². The van der Waals surface area contributed by atoms with Crippen LogP contribution in [-0.4, -0.2) is 45.9 Å². The van der Waals surface area contributed by atoms with Crippen LogP contribution in [0.2, 0.25) is 0 Å². The average molecular weight is 317 g/mol. The summed E-state index contributed by atoms with van der Waals surface area (Å²) >= 11 is 0. The van der Waals surface area contributed by atoms with Crippen molar-refractivity contribution >= 4 is 16.7 Å². The van der Waals surface area contributed by atoms with Crippen LogP contribution in [0.1, 0.15) is 13.8 Å². The molecule has 2 heterocycles. The molecule has 1 aliphatic rings. The van der Waals surface area contributed by atoms with Gasteiger partial charge in [0.05, 0.1) is 29.5 Å². The minimum atomic E-state index is -0.378. The number of carbonyl (C=O) groups excluding carboxylic acids is 1. The standard InChI is InChI=1S/C16H19N3O4/c1-10-9-23-11(2)7-18(10)14(20)8-19-16(22)13-6-4-3-5-12(13)15(21)17-19/h3-6,10-11H,7-9H2,1-2H3,(H,17,21). The van der Waals surface area contributed by atoms with Crippen molar-refractivity contribution in [3.05, 3.63) is 45.0 Å². The van der Waals surface area contributed by atoms with Gasteiger partial charge in [-0.1, -0.05) is 12.1 Å². The van der Waals surface area contributed by atoms with Crippen molar-refractivity contribution in [2.45, 2.75) is 32.5 Å². The molecule has 0 aliphatic carbocycles. The van der Waals surface area contributed by atoms with Gasteiger partial charge in [0, 0.05) is 6.54 Å². The molecule has 122 valence electrons. The van der Waals surface area contributed by atoms with Crippen LogP contribution in [0.3, 0.4) is 0 Å². The summed E-state index contributed by atoms with van der Waals surface area (Å²) < 4.78 is 6.58. The van der Waals surface area contributed by atoms with Crippen LogP contribution in [-0.2, 0) is 16.1 Å². The molecule has 1 aromatic heterocycles. The Kier molecular flexibility index (Phi) is 4.04. The summed E-state index contributed by atoms with van der Waals surface area (Å²) in [6.07, 6.45) is -0.0393. The van der Waals surface area contributed by atoms with E-state index in [4.69, 9.17) is 4.74 Å². The molecule has 0 spiro atoms. The van der Waals surface area contributed by atoms with Gasteiger partial charge >= 0.3 is 0 Å². The molecular formula is C16H19N3O4.